The number of amides is 1. The van der Waals surface area contributed by atoms with E-state index >= 15 is 0 Å². The lowest BCUT2D eigenvalue weighted by molar-refractivity contribution is -0.137. The van der Waals surface area contributed by atoms with Crippen LogP contribution in [-0.4, -0.2) is 50.7 Å². The van der Waals surface area contributed by atoms with E-state index in [2.05, 4.69) is 16.1 Å². The molecule has 2 saturated heterocycles. The summed E-state index contributed by atoms with van der Waals surface area (Å²) < 4.78 is 33.8. The number of ether oxygens (including phenoxy) is 1. The first kappa shape index (κ1) is 27.0. The Labute approximate surface area is 218 Å². The minimum atomic E-state index is -3.82. The molecule has 2 aliphatic rings. The summed E-state index contributed by atoms with van der Waals surface area (Å²) in [5.74, 6) is -0.702. The minimum absolute atomic E-state index is 0.107. The second-order valence-electron chi connectivity index (χ2n) is 9.63. The van der Waals surface area contributed by atoms with E-state index in [4.69, 9.17) is 9.84 Å². The third-order valence-corrected chi connectivity index (χ3v) is 8.57. The van der Waals surface area contributed by atoms with Gasteiger partial charge in [0.25, 0.3) is 0 Å². The zero-order valence-electron chi connectivity index (χ0n) is 20.7. The van der Waals surface area contributed by atoms with Gasteiger partial charge in [-0.1, -0.05) is 54.6 Å². The maximum atomic E-state index is 12.7. The van der Waals surface area contributed by atoms with Crippen molar-refractivity contribution in [3.05, 3.63) is 66.7 Å². The van der Waals surface area contributed by atoms with E-state index < -0.39 is 16.0 Å². The molecule has 0 radical (unpaired) electrons. The number of carboxylic acids is 1. The molecule has 2 fully saturated rings. The molecule has 2 aliphatic heterocycles. The lowest BCUT2D eigenvalue weighted by Gasteiger charge is -2.27. The molecule has 1 amide bonds. The van der Waals surface area contributed by atoms with Gasteiger partial charge in [0.2, 0.25) is 15.9 Å². The predicted octanol–water partition coefficient (Wildman–Crippen LogP) is 3.74. The van der Waals surface area contributed by atoms with Gasteiger partial charge in [-0.3, -0.25) is 9.59 Å². The van der Waals surface area contributed by atoms with Crippen molar-refractivity contribution >= 4 is 21.9 Å². The van der Waals surface area contributed by atoms with Crippen LogP contribution >= 0.6 is 0 Å². The summed E-state index contributed by atoms with van der Waals surface area (Å²) >= 11 is 0. The van der Waals surface area contributed by atoms with Crippen molar-refractivity contribution in [1.82, 2.24) is 10.0 Å². The Morgan fingerprint density at radius 2 is 1.62 bits per heavy atom. The van der Waals surface area contributed by atoms with E-state index in [0.29, 0.717) is 13.0 Å². The van der Waals surface area contributed by atoms with Crippen molar-refractivity contribution in [1.29, 1.82) is 0 Å². The van der Waals surface area contributed by atoms with Crippen LogP contribution in [0.5, 0.6) is 0 Å². The lowest BCUT2D eigenvalue weighted by Crippen LogP contribution is -2.42. The van der Waals surface area contributed by atoms with E-state index in [9.17, 15) is 18.0 Å². The number of benzene rings is 2. The Morgan fingerprint density at radius 1 is 0.946 bits per heavy atom. The van der Waals surface area contributed by atoms with Crippen molar-refractivity contribution in [2.24, 2.45) is 11.8 Å². The Kier molecular flexibility index (Phi) is 9.13. The van der Waals surface area contributed by atoms with Gasteiger partial charge in [0.15, 0.2) is 0 Å². The summed E-state index contributed by atoms with van der Waals surface area (Å²) in [6, 6.07) is 16.3. The summed E-state index contributed by atoms with van der Waals surface area (Å²) in [5.41, 5.74) is 1.91. The van der Waals surface area contributed by atoms with Gasteiger partial charge in [0.1, 0.15) is 0 Å². The fourth-order valence-electron chi connectivity index (χ4n) is 5.22. The molecule has 0 spiro atoms. The highest BCUT2D eigenvalue weighted by Gasteiger charge is 2.47. The molecular weight excluding hydrogens is 492 g/mol. The molecule has 2 aromatic carbocycles. The van der Waals surface area contributed by atoms with Crippen LogP contribution < -0.4 is 10.0 Å². The van der Waals surface area contributed by atoms with Crippen LogP contribution in [0, 0.1) is 11.8 Å². The number of nitrogens with one attached hydrogen (secondary N) is 2. The number of carbonyl (C=O) groups is 2. The van der Waals surface area contributed by atoms with Gasteiger partial charge in [-0.2, -0.15) is 0 Å². The summed E-state index contributed by atoms with van der Waals surface area (Å²) in [6.45, 7) is 0.101. The third kappa shape index (κ3) is 7.28. The Balaban J connectivity index is 1.24. The second kappa shape index (κ2) is 12.5. The number of rotatable bonds is 13. The molecule has 4 atom stereocenters. The maximum absolute atomic E-state index is 12.7. The molecule has 8 nitrogen and oxygen atoms in total. The van der Waals surface area contributed by atoms with Crippen LogP contribution in [0.2, 0.25) is 0 Å². The molecule has 37 heavy (non-hydrogen) atoms. The van der Waals surface area contributed by atoms with Crippen molar-refractivity contribution in [3.63, 3.8) is 0 Å². The number of allylic oxidation sites excluding steroid dienone is 2. The molecule has 2 bridgehead atoms. The quantitative estimate of drug-likeness (QED) is 0.270. The first-order valence-corrected chi connectivity index (χ1v) is 14.3. The number of hydrogen-bond donors (Lipinski definition) is 3. The minimum Gasteiger partial charge on any atom is -0.481 e. The summed E-state index contributed by atoms with van der Waals surface area (Å²) in [4.78, 5) is 23.2. The number of carbonyl (C=O) groups excluding carboxylic acids is 1. The molecule has 0 saturated carbocycles. The number of sulfonamides is 1. The zero-order valence-corrected chi connectivity index (χ0v) is 21.5. The Hall–Kier alpha value is -3.01. The van der Waals surface area contributed by atoms with Crippen LogP contribution in [0.25, 0.3) is 11.1 Å². The van der Waals surface area contributed by atoms with Gasteiger partial charge in [-0.25, -0.2) is 13.1 Å². The van der Waals surface area contributed by atoms with E-state index in [1.54, 1.807) is 12.1 Å². The van der Waals surface area contributed by atoms with Gasteiger partial charge in [-0.15, -0.1) is 0 Å². The lowest BCUT2D eigenvalue weighted by atomic mass is 9.77. The number of unbranched alkanes of at least 4 members (excludes halogenated alkanes) is 1. The fourth-order valence-corrected chi connectivity index (χ4v) is 6.20. The fraction of sp³-hybridized carbons (Fsp3) is 0.429. The van der Waals surface area contributed by atoms with E-state index in [-0.39, 0.29) is 47.8 Å². The predicted molar refractivity (Wildman–Crippen MR) is 140 cm³/mol. The van der Waals surface area contributed by atoms with Crippen LogP contribution in [0.4, 0.5) is 0 Å². The molecule has 4 rings (SSSR count). The van der Waals surface area contributed by atoms with Gasteiger partial charge < -0.3 is 15.2 Å². The van der Waals surface area contributed by atoms with Crippen molar-refractivity contribution in [2.75, 3.05) is 13.1 Å². The van der Waals surface area contributed by atoms with Crippen molar-refractivity contribution in [3.8, 4) is 11.1 Å². The van der Waals surface area contributed by atoms with Crippen molar-refractivity contribution in [2.45, 2.75) is 55.6 Å². The highest BCUT2D eigenvalue weighted by molar-refractivity contribution is 7.89. The van der Waals surface area contributed by atoms with E-state index in [1.807, 2.05) is 36.4 Å². The number of aliphatic carboxylic acids is 1. The highest BCUT2D eigenvalue weighted by Crippen LogP contribution is 2.44. The summed E-state index contributed by atoms with van der Waals surface area (Å²) in [7, 11) is -3.82. The molecule has 0 unspecified atom stereocenters. The van der Waals surface area contributed by atoms with Crippen LogP contribution in [-0.2, 0) is 24.3 Å². The maximum Gasteiger partial charge on any atom is 0.303 e. The van der Waals surface area contributed by atoms with Gasteiger partial charge in [0.05, 0.1) is 23.6 Å². The van der Waals surface area contributed by atoms with Crippen LogP contribution in [0.15, 0.2) is 71.6 Å². The van der Waals surface area contributed by atoms with E-state index in [0.717, 1.165) is 36.8 Å². The molecule has 9 heteroatoms. The average Bonchev–Trinajstić information content (AvgIpc) is 3.51. The Bertz CT molecular complexity index is 1200. The van der Waals surface area contributed by atoms with E-state index in [1.165, 1.54) is 12.1 Å². The summed E-state index contributed by atoms with van der Waals surface area (Å²) in [6.07, 6.45) is 8.69. The van der Waals surface area contributed by atoms with Gasteiger partial charge >= 0.3 is 5.97 Å². The normalized spacial score (nSPS) is 22.9. The standard InChI is InChI=1S/C28H34N2O6S/c31-27(19-30-37(34,35)22-14-12-21(13-15-22)20-8-4-3-5-9-20)29-18-24-23(25-16-17-26(24)36-25)10-6-1-2-7-11-28(32)33/h1,3-6,8-9,12-15,23-26,30H,2,7,10-11,16-19H2,(H,29,31)(H,32,33)/t23-,24+,25-,26+/m1/s1. The molecule has 0 aromatic heterocycles. The first-order valence-electron chi connectivity index (χ1n) is 12.8. The third-order valence-electron chi connectivity index (χ3n) is 7.16. The summed E-state index contributed by atoms with van der Waals surface area (Å²) in [5, 5.41) is 11.6. The largest absolute Gasteiger partial charge is 0.481 e. The topological polar surface area (TPSA) is 122 Å². The van der Waals surface area contributed by atoms with Gasteiger partial charge in [0, 0.05) is 18.9 Å². The molecule has 2 aromatic rings. The van der Waals surface area contributed by atoms with Crippen molar-refractivity contribution < 1.29 is 27.9 Å². The first-order chi connectivity index (χ1) is 17.8. The Morgan fingerprint density at radius 3 is 2.32 bits per heavy atom. The average molecular weight is 527 g/mol. The molecule has 3 N–H and O–H groups in total. The van der Waals surface area contributed by atoms with Gasteiger partial charge in [-0.05, 0) is 61.3 Å². The SMILES string of the molecule is O=C(O)CCCC=CC[C@@H]1[C@H](CNC(=O)CNS(=O)(=O)c2ccc(-c3ccccc3)cc2)[C@@H]2CC[C@H]1O2. The number of carboxylic acid groups (broad SMARTS) is 1. The number of fused-ring (bicyclic) bond motifs is 2. The highest BCUT2D eigenvalue weighted by atomic mass is 32.2. The molecular formula is C28H34N2O6S. The zero-order chi connectivity index (χ0) is 26.3. The monoisotopic (exact) mass is 526 g/mol. The smallest absolute Gasteiger partial charge is 0.303 e. The molecule has 0 aliphatic carbocycles. The number of hydrogen-bond acceptors (Lipinski definition) is 5. The molecule has 2 heterocycles. The second-order valence-corrected chi connectivity index (χ2v) is 11.4. The molecule has 198 valence electrons. The van der Waals surface area contributed by atoms with Crippen LogP contribution in [0.3, 0.4) is 0 Å². The van der Waals surface area contributed by atoms with Crippen LogP contribution in [0.1, 0.15) is 38.5 Å².